The highest BCUT2D eigenvalue weighted by Gasteiger charge is 2.17. The van der Waals surface area contributed by atoms with Gasteiger partial charge in [-0.3, -0.25) is 0 Å². The van der Waals surface area contributed by atoms with Gasteiger partial charge in [0.1, 0.15) is 11.5 Å². The number of phenolic OH excluding ortho intramolecular Hbond substituents is 1. The lowest BCUT2D eigenvalue weighted by molar-refractivity contribution is 0.0685. The molecule has 0 radical (unpaired) electrons. The normalized spacial score (nSPS) is 13.6. The fourth-order valence-corrected chi connectivity index (χ4v) is 3.11. The van der Waals surface area contributed by atoms with Gasteiger partial charge in [0.15, 0.2) is 0 Å². The summed E-state index contributed by atoms with van der Waals surface area (Å²) in [6.07, 6.45) is 1.36. The van der Waals surface area contributed by atoms with Crippen LogP contribution in [0.3, 0.4) is 0 Å². The molecule has 0 spiro atoms. The maximum absolute atomic E-state index is 11.8. The summed E-state index contributed by atoms with van der Waals surface area (Å²) in [5.41, 5.74) is 2.35. The van der Waals surface area contributed by atoms with Crippen LogP contribution >= 0.6 is 0 Å². The molecule has 0 aliphatic rings. The highest BCUT2D eigenvalue weighted by atomic mass is 16.7. The average Bonchev–Trinajstić information content (AvgIpc) is 2.65. The lowest BCUT2D eigenvalue weighted by atomic mass is 9.84. The first kappa shape index (κ1) is 21.8. The fourth-order valence-electron chi connectivity index (χ4n) is 3.11. The first-order valence-corrected chi connectivity index (χ1v) is 9.91. The topological polar surface area (TPSA) is 55.8 Å². The average molecular weight is 385 g/mol. The van der Waals surface area contributed by atoms with Crippen molar-refractivity contribution in [1.82, 2.24) is 0 Å². The van der Waals surface area contributed by atoms with Gasteiger partial charge in [-0.1, -0.05) is 58.9 Å². The predicted molar refractivity (Wildman–Crippen MR) is 112 cm³/mol. The Morgan fingerprint density at radius 3 is 2.11 bits per heavy atom. The molecule has 1 N–H and O–H groups in total. The van der Waals surface area contributed by atoms with Gasteiger partial charge in [0.2, 0.25) is 0 Å². The monoisotopic (exact) mass is 384 g/mol. The quantitative estimate of drug-likeness (QED) is 0.429. The van der Waals surface area contributed by atoms with Gasteiger partial charge < -0.3 is 14.6 Å². The second kappa shape index (κ2) is 9.63. The lowest BCUT2D eigenvalue weighted by Crippen LogP contribution is -2.20. The number of carbonyl (C=O) groups excluding carboxylic acids is 1. The summed E-state index contributed by atoms with van der Waals surface area (Å²) in [6, 6.07) is 15.1. The Kier molecular flexibility index (Phi) is 7.50. The summed E-state index contributed by atoms with van der Waals surface area (Å²) < 4.78 is 10.4. The Morgan fingerprint density at radius 2 is 1.57 bits per heavy atom. The molecule has 152 valence electrons. The van der Waals surface area contributed by atoms with E-state index in [1.807, 2.05) is 57.2 Å². The second-order valence-corrected chi connectivity index (χ2v) is 8.60. The Balaban J connectivity index is 1.96. The number of aromatic hydroxyl groups is 1. The van der Waals surface area contributed by atoms with E-state index in [1.54, 1.807) is 12.1 Å². The molecule has 2 aromatic rings. The van der Waals surface area contributed by atoms with Gasteiger partial charge in [0.25, 0.3) is 0 Å². The van der Waals surface area contributed by atoms with E-state index in [0.29, 0.717) is 29.9 Å². The van der Waals surface area contributed by atoms with Crippen molar-refractivity contribution in [1.29, 1.82) is 0 Å². The minimum Gasteiger partial charge on any atom is -0.508 e. The number of ether oxygens (including phenoxy) is 2. The van der Waals surface area contributed by atoms with Gasteiger partial charge in [-0.15, -0.1) is 0 Å². The highest BCUT2D eigenvalue weighted by molar-refractivity contribution is 5.63. The van der Waals surface area contributed by atoms with Crippen LogP contribution in [0, 0.1) is 5.41 Å². The minimum atomic E-state index is -0.671. The molecule has 2 aromatic carbocycles. The van der Waals surface area contributed by atoms with Crippen LogP contribution in [0.4, 0.5) is 4.79 Å². The third-order valence-corrected chi connectivity index (χ3v) is 4.77. The molecule has 4 heteroatoms. The van der Waals surface area contributed by atoms with Crippen LogP contribution in [-0.4, -0.2) is 17.9 Å². The van der Waals surface area contributed by atoms with E-state index in [-0.39, 0.29) is 5.41 Å². The van der Waals surface area contributed by atoms with E-state index in [1.165, 1.54) is 11.1 Å². The molecule has 2 rings (SSSR count). The van der Waals surface area contributed by atoms with E-state index in [4.69, 9.17) is 9.47 Å². The third kappa shape index (κ3) is 6.91. The fraction of sp³-hybridized carbons (Fsp3) is 0.458. The molecule has 28 heavy (non-hydrogen) atoms. The summed E-state index contributed by atoms with van der Waals surface area (Å²) in [7, 11) is 0. The largest absolute Gasteiger partial charge is 0.513 e. The van der Waals surface area contributed by atoms with Crippen molar-refractivity contribution >= 4 is 6.16 Å². The molecule has 0 amide bonds. The summed E-state index contributed by atoms with van der Waals surface area (Å²) >= 11 is 0. The van der Waals surface area contributed by atoms with Gasteiger partial charge >= 0.3 is 6.16 Å². The van der Waals surface area contributed by atoms with Gasteiger partial charge in [-0.05, 0) is 65.5 Å². The Labute approximate surface area is 168 Å². The van der Waals surface area contributed by atoms with Gasteiger partial charge in [-0.25, -0.2) is 4.79 Å². The molecule has 0 saturated carbocycles. The number of hydrogen-bond acceptors (Lipinski definition) is 4. The first-order valence-electron chi connectivity index (χ1n) is 9.91. The molecule has 2 atom stereocenters. The molecule has 0 aliphatic carbocycles. The molecule has 0 fully saturated rings. The number of hydrogen-bond donors (Lipinski definition) is 1. The zero-order valence-corrected chi connectivity index (χ0v) is 17.6. The van der Waals surface area contributed by atoms with Crippen molar-refractivity contribution in [3.8, 4) is 11.5 Å². The van der Waals surface area contributed by atoms with Gasteiger partial charge in [-0.2, -0.15) is 0 Å². The zero-order valence-electron chi connectivity index (χ0n) is 17.6. The van der Waals surface area contributed by atoms with Crippen molar-refractivity contribution < 1.29 is 19.4 Å². The molecule has 0 saturated heterocycles. The lowest BCUT2D eigenvalue weighted by Gasteiger charge is -2.21. The summed E-state index contributed by atoms with van der Waals surface area (Å²) in [4.78, 5) is 11.8. The molecule has 2 unspecified atom stereocenters. The predicted octanol–water partition coefficient (Wildman–Crippen LogP) is 6.64. The maximum atomic E-state index is 11.8. The van der Waals surface area contributed by atoms with Crippen molar-refractivity contribution in [2.24, 2.45) is 5.41 Å². The van der Waals surface area contributed by atoms with Crippen LogP contribution in [-0.2, 0) is 4.74 Å². The summed E-state index contributed by atoms with van der Waals surface area (Å²) in [5.74, 6) is 1.57. The van der Waals surface area contributed by atoms with Crippen molar-refractivity contribution in [3.05, 3.63) is 59.7 Å². The molecular formula is C24H32O4. The molecule has 0 aromatic heterocycles. The first-order chi connectivity index (χ1) is 13.2. The van der Waals surface area contributed by atoms with Crippen LogP contribution < -0.4 is 4.74 Å². The van der Waals surface area contributed by atoms with Crippen LogP contribution in [0.1, 0.15) is 70.4 Å². The number of rotatable bonds is 7. The van der Waals surface area contributed by atoms with Crippen molar-refractivity contribution in [3.63, 3.8) is 0 Å². The van der Waals surface area contributed by atoms with Gasteiger partial charge in [0, 0.05) is 0 Å². The number of carbonyl (C=O) groups is 1. The van der Waals surface area contributed by atoms with Crippen molar-refractivity contribution in [2.45, 2.75) is 59.3 Å². The van der Waals surface area contributed by atoms with Gasteiger partial charge in [0.05, 0.1) is 6.61 Å². The van der Waals surface area contributed by atoms with Crippen LogP contribution in [0.15, 0.2) is 48.5 Å². The third-order valence-electron chi connectivity index (χ3n) is 4.77. The van der Waals surface area contributed by atoms with E-state index in [0.717, 1.165) is 12.8 Å². The van der Waals surface area contributed by atoms with Crippen molar-refractivity contribution in [2.75, 3.05) is 6.61 Å². The Bertz CT molecular complexity index is 742. The smallest absolute Gasteiger partial charge is 0.508 e. The number of benzene rings is 2. The maximum Gasteiger partial charge on any atom is 0.513 e. The van der Waals surface area contributed by atoms with Crippen LogP contribution in [0.5, 0.6) is 11.5 Å². The van der Waals surface area contributed by atoms with E-state index in [2.05, 4.69) is 13.8 Å². The Hall–Kier alpha value is -2.49. The molecular weight excluding hydrogens is 352 g/mol. The summed E-state index contributed by atoms with van der Waals surface area (Å²) in [6.45, 7) is 10.7. The molecule has 0 bridgehead atoms. The standard InChI is InChI=1S/C24H32O4/c1-6-18(15-17(2)19-7-11-21(25)12-8-19)20-9-13-22(14-10-20)28-23(26)27-16-24(3,4)5/h7-14,17-18,25H,6,15-16H2,1-5H3. The van der Waals surface area contributed by atoms with E-state index >= 15 is 0 Å². The number of phenols is 1. The summed E-state index contributed by atoms with van der Waals surface area (Å²) in [5, 5.41) is 9.46. The van der Waals surface area contributed by atoms with E-state index in [9.17, 15) is 9.90 Å². The molecule has 4 nitrogen and oxygen atoms in total. The van der Waals surface area contributed by atoms with Crippen LogP contribution in [0.2, 0.25) is 0 Å². The molecule has 0 heterocycles. The Morgan fingerprint density at radius 1 is 1.00 bits per heavy atom. The minimum absolute atomic E-state index is 0.0918. The SMILES string of the molecule is CCC(CC(C)c1ccc(O)cc1)c1ccc(OC(=O)OCC(C)(C)C)cc1. The van der Waals surface area contributed by atoms with E-state index < -0.39 is 6.16 Å². The molecule has 0 aliphatic heterocycles. The van der Waals surface area contributed by atoms with Crippen LogP contribution in [0.25, 0.3) is 0 Å². The second-order valence-electron chi connectivity index (χ2n) is 8.60. The highest BCUT2D eigenvalue weighted by Crippen LogP contribution is 2.33. The zero-order chi connectivity index (χ0) is 20.7.